The van der Waals surface area contributed by atoms with E-state index in [0.717, 1.165) is 0 Å². The van der Waals surface area contributed by atoms with Gasteiger partial charge < -0.3 is 9.47 Å². The van der Waals surface area contributed by atoms with E-state index in [2.05, 4.69) is 16.5 Å². The lowest BCUT2D eigenvalue weighted by atomic mass is 10.3. The molecule has 0 saturated heterocycles. The summed E-state index contributed by atoms with van der Waals surface area (Å²) < 4.78 is 10.8. The van der Waals surface area contributed by atoms with Gasteiger partial charge in [0.05, 0.1) is 0 Å². The Morgan fingerprint density at radius 2 is 1.84 bits per heavy atom. The van der Waals surface area contributed by atoms with Crippen LogP contribution in [0.4, 0.5) is 0 Å². The minimum Gasteiger partial charge on any atom is -0.490 e. The number of benzene rings is 1. The van der Waals surface area contributed by atoms with Gasteiger partial charge in [0.15, 0.2) is 0 Å². The zero-order valence-electron chi connectivity index (χ0n) is 10.1. The van der Waals surface area contributed by atoms with Crippen LogP contribution in [-0.4, -0.2) is 16.6 Å². The third-order valence-electron chi connectivity index (χ3n) is 2.18. The van der Waals surface area contributed by atoms with Gasteiger partial charge in [-0.15, -0.1) is 0 Å². The van der Waals surface area contributed by atoms with Crippen molar-refractivity contribution in [3.63, 3.8) is 0 Å². The number of hydrogen-bond acceptors (Lipinski definition) is 5. The molecule has 0 atom stereocenters. The van der Waals surface area contributed by atoms with Crippen LogP contribution in [0.3, 0.4) is 0 Å². The molecule has 0 bridgehead atoms. The Bertz CT molecular complexity index is 603. The zero-order valence-corrected chi connectivity index (χ0v) is 10.1. The molecule has 0 unspecified atom stereocenters. The molecule has 0 fully saturated rings. The third-order valence-corrected chi connectivity index (χ3v) is 2.18. The van der Waals surface area contributed by atoms with Crippen molar-refractivity contribution in [3.05, 3.63) is 55.0 Å². The zero-order chi connectivity index (χ0) is 13.5. The predicted molar refractivity (Wildman–Crippen MR) is 69.0 cm³/mol. The molecule has 2 aromatic rings. The quantitative estimate of drug-likeness (QED) is 0.766. The number of hydrogen-bond donors (Lipinski definition) is 0. The molecular formula is C14H11N3O2. The van der Waals surface area contributed by atoms with Gasteiger partial charge in [-0.1, -0.05) is 12.7 Å². The first-order chi connectivity index (χ1) is 9.33. The van der Waals surface area contributed by atoms with Gasteiger partial charge in [-0.05, 0) is 24.3 Å². The topological polar surface area (TPSA) is 68.0 Å². The Balaban J connectivity index is 2.11. The standard InChI is InChI=1S/C14H11N3O2/c1-2-9-18-11-3-5-12(6-4-11)19-14-13(10-15)16-7-8-17-14/h2-8H,1,9H2. The van der Waals surface area contributed by atoms with Crippen molar-refractivity contribution < 1.29 is 9.47 Å². The molecule has 0 saturated carbocycles. The average Bonchev–Trinajstić information content (AvgIpc) is 2.47. The van der Waals surface area contributed by atoms with E-state index in [4.69, 9.17) is 14.7 Å². The molecule has 94 valence electrons. The van der Waals surface area contributed by atoms with Gasteiger partial charge in [-0.3, -0.25) is 0 Å². The summed E-state index contributed by atoms with van der Waals surface area (Å²) in [6.07, 6.45) is 4.58. The first kappa shape index (κ1) is 12.6. The summed E-state index contributed by atoms with van der Waals surface area (Å²) in [6, 6.07) is 8.91. The number of nitriles is 1. The van der Waals surface area contributed by atoms with Crippen molar-refractivity contribution in [1.82, 2.24) is 9.97 Å². The monoisotopic (exact) mass is 253 g/mol. The summed E-state index contributed by atoms with van der Waals surface area (Å²) in [5.41, 5.74) is 0.148. The summed E-state index contributed by atoms with van der Waals surface area (Å²) >= 11 is 0. The van der Waals surface area contributed by atoms with Crippen molar-refractivity contribution >= 4 is 0 Å². The largest absolute Gasteiger partial charge is 0.490 e. The number of rotatable bonds is 5. The van der Waals surface area contributed by atoms with Crippen molar-refractivity contribution in [1.29, 1.82) is 5.26 Å². The highest BCUT2D eigenvalue weighted by Gasteiger charge is 2.06. The highest BCUT2D eigenvalue weighted by Crippen LogP contribution is 2.23. The van der Waals surface area contributed by atoms with Gasteiger partial charge in [-0.25, -0.2) is 9.97 Å². The van der Waals surface area contributed by atoms with E-state index in [-0.39, 0.29) is 11.6 Å². The van der Waals surface area contributed by atoms with E-state index in [9.17, 15) is 0 Å². The SMILES string of the molecule is C=CCOc1ccc(Oc2nccnc2C#N)cc1. The maximum absolute atomic E-state index is 8.88. The molecule has 0 amide bonds. The lowest BCUT2D eigenvalue weighted by Crippen LogP contribution is -1.95. The number of ether oxygens (including phenoxy) is 2. The predicted octanol–water partition coefficient (Wildman–Crippen LogP) is 2.71. The van der Waals surface area contributed by atoms with Crippen LogP contribution < -0.4 is 9.47 Å². The molecule has 0 radical (unpaired) electrons. The lowest BCUT2D eigenvalue weighted by molar-refractivity contribution is 0.362. The minimum atomic E-state index is 0.148. The molecule has 19 heavy (non-hydrogen) atoms. The fourth-order valence-corrected chi connectivity index (χ4v) is 1.35. The Hall–Kier alpha value is -2.87. The van der Waals surface area contributed by atoms with Crippen molar-refractivity contribution in [2.75, 3.05) is 6.61 Å². The van der Waals surface area contributed by atoms with Crippen LogP contribution in [0.1, 0.15) is 5.69 Å². The van der Waals surface area contributed by atoms with E-state index in [1.807, 2.05) is 6.07 Å². The summed E-state index contributed by atoms with van der Waals surface area (Å²) in [4.78, 5) is 7.83. The van der Waals surface area contributed by atoms with Crippen LogP contribution in [-0.2, 0) is 0 Å². The lowest BCUT2D eigenvalue weighted by Gasteiger charge is -2.06. The summed E-state index contributed by atoms with van der Waals surface area (Å²) in [7, 11) is 0. The molecule has 0 N–H and O–H groups in total. The van der Waals surface area contributed by atoms with Crippen molar-refractivity contribution in [2.24, 2.45) is 0 Å². The Labute approximate surface area is 110 Å². The molecule has 1 aromatic heterocycles. The van der Waals surface area contributed by atoms with Gasteiger partial charge in [0, 0.05) is 12.4 Å². The molecule has 0 aliphatic carbocycles. The Morgan fingerprint density at radius 3 is 2.53 bits per heavy atom. The van der Waals surface area contributed by atoms with E-state index in [0.29, 0.717) is 18.1 Å². The first-order valence-electron chi connectivity index (χ1n) is 5.56. The van der Waals surface area contributed by atoms with Crippen LogP contribution in [0.2, 0.25) is 0 Å². The highest BCUT2D eigenvalue weighted by molar-refractivity contribution is 5.37. The smallest absolute Gasteiger partial charge is 0.256 e. The van der Waals surface area contributed by atoms with Gasteiger partial charge >= 0.3 is 0 Å². The van der Waals surface area contributed by atoms with Gasteiger partial charge in [-0.2, -0.15) is 5.26 Å². The Morgan fingerprint density at radius 1 is 1.16 bits per heavy atom. The van der Waals surface area contributed by atoms with E-state index < -0.39 is 0 Å². The first-order valence-corrected chi connectivity index (χ1v) is 5.56. The molecule has 5 heteroatoms. The highest BCUT2D eigenvalue weighted by atomic mass is 16.5. The van der Waals surface area contributed by atoms with Crippen molar-refractivity contribution in [2.45, 2.75) is 0 Å². The number of nitrogens with zero attached hydrogens (tertiary/aromatic N) is 3. The molecule has 1 heterocycles. The molecule has 0 spiro atoms. The van der Waals surface area contributed by atoms with Crippen LogP contribution in [0.15, 0.2) is 49.3 Å². The molecule has 0 aliphatic rings. The maximum atomic E-state index is 8.88. The van der Waals surface area contributed by atoms with Crippen LogP contribution in [0, 0.1) is 11.3 Å². The second-order valence-electron chi connectivity index (χ2n) is 3.50. The van der Waals surface area contributed by atoms with Crippen LogP contribution in [0.5, 0.6) is 17.4 Å². The number of aromatic nitrogens is 2. The molecule has 2 rings (SSSR count). The van der Waals surface area contributed by atoms with Crippen LogP contribution >= 0.6 is 0 Å². The normalized spacial score (nSPS) is 9.42. The third kappa shape index (κ3) is 3.30. The van der Waals surface area contributed by atoms with Crippen LogP contribution in [0.25, 0.3) is 0 Å². The fraction of sp³-hybridized carbons (Fsp3) is 0.0714. The fourth-order valence-electron chi connectivity index (χ4n) is 1.35. The maximum Gasteiger partial charge on any atom is 0.256 e. The molecule has 1 aromatic carbocycles. The van der Waals surface area contributed by atoms with E-state index >= 15 is 0 Å². The van der Waals surface area contributed by atoms with E-state index in [1.54, 1.807) is 30.3 Å². The van der Waals surface area contributed by atoms with Crippen molar-refractivity contribution in [3.8, 4) is 23.4 Å². The Kier molecular flexibility index (Phi) is 4.09. The van der Waals surface area contributed by atoms with Gasteiger partial charge in [0.25, 0.3) is 5.88 Å². The second kappa shape index (κ2) is 6.17. The molecular weight excluding hydrogens is 242 g/mol. The average molecular weight is 253 g/mol. The molecule has 5 nitrogen and oxygen atoms in total. The second-order valence-corrected chi connectivity index (χ2v) is 3.50. The molecule has 0 aliphatic heterocycles. The summed E-state index contributed by atoms with van der Waals surface area (Å²) in [5, 5.41) is 8.88. The van der Waals surface area contributed by atoms with Gasteiger partial charge in [0.1, 0.15) is 24.2 Å². The summed E-state index contributed by atoms with van der Waals surface area (Å²) in [6.45, 7) is 4.02. The summed E-state index contributed by atoms with van der Waals surface area (Å²) in [5.74, 6) is 1.46. The minimum absolute atomic E-state index is 0.148. The van der Waals surface area contributed by atoms with E-state index in [1.165, 1.54) is 12.4 Å². The van der Waals surface area contributed by atoms with Gasteiger partial charge in [0.2, 0.25) is 5.69 Å².